The summed E-state index contributed by atoms with van der Waals surface area (Å²) in [6.07, 6.45) is 4.07. The monoisotopic (exact) mass is 467 g/mol. The Morgan fingerprint density at radius 2 is 2.14 bits per heavy atom. The van der Waals surface area contributed by atoms with Gasteiger partial charge in [-0.05, 0) is 43.7 Å². The third kappa shape index (κ3) is 4.91. The van der Waals surface area contributed by atoms with Gasteiger partial charge < -0.3 is 19.9 Å². The first kappa shape index (κ1) is 22.4. The second kappa shape index (κ2) is 8.84. The number of nitrogens with one attached hydrogen (secondary N) is 1. The van der Waals surface area contributed by atoms with Gasteiger partial charge in [-0.25, -0.2) is 0 Å². The van der Waals surface area contributed by atoms with Gasteiger partial charge in [-0.1, -0.05) is 43.1 Å². The second-order valence-electron chi connectivity index (χ2n) is 9.50. The first-order valence-electron chi connectivity index (χ1n) is 10.7. The van der Waals surface area contributed by atoms with Crippen molar-refractivity contribution in [3.8, 4) is 11.5 Å². The molecule has 5 atom stereocenters. The van der Waals surface area contributed by atoms with Crippen molar-refractivity contribution in [2.24, 2.45) is 17.8 Å². The quantitative estimate of drug-likeness (QED) is 0.612. The number of hydrogen-bond donors (Lipinski definition) is 2. The molecule has 1 aromatic rings. The Hall–Kier alpha value is -1.27. The molecule has 1 saturated heterocycles. The lowest BCUT2D eigenvalue weighted by molar-refractivity contribution is -0.154. The molecule has 1 aliphatic heterocycles. The van der Waals surface area contributed by atoms with Crippen LogP contribution in [-0.4, -0.2) is 29.8 Å². The number of ether oxygens (including phenoxy) is 2. The van der Waals surface area contributed by atoms with Crippen LogP contribution in [0.3, 0.4) is 0 Å². The highest BCUT2D eigenvalue weighted by atomic mass is 79.9. The average molecular weight is 468 g/mol. The van der Waals surface area contributed by atoms with E-state index in [0.717, 1.165) is 23.7 Å². The summed E-state index contributed by atoms with van der Waals surface area (Å²) >= 11 is 3.51. The minimum absolute atomic E-state index is 0.0613. The fourth-order valence-corrected chi connectivity index (χ4v) is 5.52. The molecular formula is C23H34BrNO4. The van der Waals surface area contributed by atoms with Crippen molar-refractivity contribution < 1.29 is 19.4 Å². The van der Waals surface area contributed by atoms with E-state index in [-0.39, 0.29) is 35.3 Å². The van der Waals surface area contributed by atoms with Gasteiger partial charge in [0.05, 0.1) is 19.3 Å². The van der Waals surface area contributed by atoms with Crippen LogP contribution in [0, 0.1) is 17.8 Å². The Kier molecular flexibility index (Phi) is 6.84. The standard InChI is InChI=1S/C23H34BrNO4/c1-13(2)8-21(26)25-23(4)12-20(29-18-9-14(3)6-7-17(18)23)16-10-15(24)11-19(28-5)22(16)27/h10-11,13-14,17-18,20,27H,6-9,12H2,1-5H3,(H,25,26)/t14-,17-,18-,20-,23-/m0/s1. The van der Waals surface area contributed by atoms with Crippen molar-refractivity contribution in [1.29, 1.82) is 0 Å². The minimum atomic E-state index is -0.373. The van der Waals surface area contributed by atoms with E-state index in [4.69, 9.17) is 9.47 Å². The summed E-state index contributed by atoms with van der Waals surface area (Å²) in [5.41, 5.74) is 0.332. The maximum Gasteiger partial charge on any atom is 0.220 e. The molecule has 0 radical (unpaired) electrons. The van der Waals surface area contributed by atoms with Crippen molar-refractivity contribution in [3.63, 3.8) is 0 Å². The normalized spacial score (nSPS) is 32.0. The minimum Gasteiger partial charge on any atom is -0.504 e. The summed E-state index contributed by atoms with van der Waals surface area (Å²) < 4.78 is 12.7. The molecule has 162 valence electrons. The van der Waals surface area contributed by atoms with E-state index in [1.165, 1.54) is 0 Å². The van der Waals surface area contributed by atoms with Crippen LogP contribution in [0.25, 0.3) is 0 Å². The molecular weight excluding hydrogens is 434 g/mol. The fourth-order valence-electron chi connectivity index (χ4n) is 5.07. The molecule has 0 spiro atoms. The molecule has 1 aliphatic carbocycles. The number of amides is 1. The SMILES string of the molecule is COc1cc(Br)cc([C@@H]2C[C@](C)(NC(=O)CC(C)C)[C@H]3CC[C@H](C)C[C@@H]3O2)c1O. The number of rotatable bonds is 5. The number of benzene rings is 1. The summed E-state index contributed by atoms with van der Waals surface area (Å²) in [7, 11) is 1.54. The van der Waals surface area contributed by atoms with Crippen molar-refractivity contribution in [3.05, 3.63) is 22.2 Å². The van der Waals surface area contributed by atoms with Gasteiger partial charge in [0.1, 0.15) is 0 Å². The van der Waals surface area contributed by atoms with Crippen LogP contribution in [0.15, 0.2) is 16.6 Å². The summed E-state index contributed by atoms with van der Waals surface area (Å²) in [6.45, 7) is 8.54. The zero-order valence-electron chi connectivity index (χ0n) is 18.1. The third-order valence-electron chi connectivity index (χ3n) is 6.48. The first-order valence-corrected chi connectivity index (χ1v) is 11.4. The number of fused-ring (bicyclic) bond motifs is 1. The molecule has 29 heavy (non-hydrogen) atoms. The molecule has 3 rings (SSSR count). The number of phenols is 1. The van der Waals surface area contributed by atoms with Crippen LogP contribution < -0.4 is 10.1 Å². The van der Waals surface area contributed by atoms with Crippen molar-refractivity contribution >= 4 is 21.8 Å². The zero-order valence-corrected chi connectivity index (χ0v) is 19.7. The van der Waals surface area contributed by atoms with E-state index < -0.39 is 0 Å². The lowest BCUT2D eigenvalue weighted by Gasteiger charge is -2.52. The average Bonchev–Trinajstić information content (AvgIpc) is 2.61. The van der Waals surface area contributed by atoms with Crippen molar-refractivity contribution in [2.75, 3.05) is 7.11 Å². The number of phenolic OH excluding ortho intramolecular Hbond substituents is 1. The van der Waals surface area contributed by atoms with Crippen LogP contribution in [0.4, 0.5) is 0 Å². The number of carbonyl (C=O) groups excluding carboxylic acids is 1. The molecule has 2 N–H and O–H groups in total. The van der Waals surface area contributed by atoms with Crippen LogP contribution in [0.2, 0.25) is 0 Å². The van der Waals surface area contributed by atoms with E-state index in [2.05, 4.69) is 48.9 Å². The van der Waals surface area contributed by atoms with Crippen LogP contribution in [0.5, 0.6) is 11.5 Å². The molecule has 0 aromatic heterocycles. The maximum atomic E-state index is 12.7. The van der Waals surface area contributed by atoms with Gasteiger partial charge >= 0.3 is 0 Å². The smallest absolute Gasteiger partial charge is 0.220 e. The van der Waals surface area contributed by atoms with Crippen LogP contribution in [0.1, 0.15) is 71.5 Å². The summed E-state index contributed by atoms with van der Waals surface area (Å²) in [5, 5.41) is 14.1. The Morgan fingerprint density at radius 3 is 2.79 bits per heavy atom. The number of carbonyl (C=O) groups is 1. The van der Waals surface area contributed by atoms with E-state index in [0.29, 0.717) is 36.0 Å². The summed E-state index contributed by atoms with van der Waals surface area (Å²) in [6, 6.07) is 3.64. The van der Waals surface area contributed by atoms with Crippen LogP contribution in [-0.2, 0) is 9.53 Å². The van der Waals surface area contributed by atoms with Crippen molar-refractivity contribution in [2.45, 2.75) is 77.5 Å². The number of halogens is 1. The van der Waals surface area contributed by atoms with Crippen LogP contribution >= 0.6 is 15.9 Å². The molecule has 0 unspecified atom stereocenters. The first-order chi connectivity index (χ1) is 13.6. The topological polar surface area (TPSA) is 67.8 Å². The van der Waals surface area contributed by atoms with Gasteiger partial charge in [0.2, 0.25) is 5.91 Å². The number of hydrogen-bond acceptors (Lipinski definition) is 4. The fraction of sp³-hybridized carbons (Fsp3) is 0.696. The second-order valence-corrected chi connectivity index (χ2v) is 10.4. The predicted molar refractivity (Wildman–Crippen MR) is 117 cm³/mol. The lowest BCUT2D eigenvalue weighted by Crippen LogP contribution is -2.60. The van der Waals surface area contributed by atoms with Gasteiger partial charge in [-0.3, -0.25) is 4.79 Å². The molecule has 1 amide bonds. The number of methoxy groups -OCH3 is 1. The molecule has 1 saturated carbocycles. The van der Waals surface area contributed by atoms with Crippen molar-refractivity contribution in [1.82, 2.24) is 5.32 Å². The summed E-state index contributed by atoms with van der Waals surface area (Å²) in [4.78, 5) is 12.7. The molecule has 6 heteroatoms. The summed E-state index contributed by atoms with van der Waals surface area (Å²) in [5.74, 6) is 1.81. The van der Waals surface area contributed by atoms with Gasteiger partial charge in [0, 0.05) is 34.3 Å². The van der Waals surface area contributed by atoms with E-state index in [1.807, 2.05) is 6.07 Å². The molecule has 0 bridgehead atoms. The molecule has 1 heterocycles. The molecule has 2 fully saturated rings. The Balaban J connectivity index is 1.94. The number of aromatic hydroxyl groups is 1. The van der Waals surface area contributed by atoms with Gasteiger partial charge in [-0.15, -0.1) is 0 Å². The third-order valence-corrected chi connectivity index (χ3v) is 6.93. The highest BCUT2D eigenvalue weighted by Crippen LogP contribution is 2.50. The molecule has 2 aliphatic rings. The van der Waals surface area contributed by atoms with E-state index in [1.54, 1.807) is 13.2 Å². The maximum absolute atomic E-state index is 12.7. The predicted octanol–water partition coefficient (Wildman–Crippen LogP) is 5.35. The molecule has 1 aromatic carbocycles. The Labute approximate surface area is 182 Å². The highest BCUT2D eigenvalue weighted by Gasteiger charge is 2.50. The largest absolute Gasteiger partial charge is 0.504 e. The van der Waals surface area contributed by atoms with Gasteiger partial charge in [0.25, 0.3) is 0 Å². The van der Waals surface area contributed by atoms with E-state index >= 15 is 0 Å². The van der Waals surface area contributed by atoms with Gasteiger partial charge in [-0.2, -0.15) is 0 Å². The van der Waals surface area contributed by atoms with E-state index in [9.17, 15) is 9.90 Å². The van der Waals surface area contributed by atoms with Gasteiger partial charge in [0.15, 0.2) is 11.5 Å². The molecule has 5 nitrogen and oxygen atoms in total. The highest BCUT2D eigenvalue weighted by molar-refractivity contribution is 9.10. The zero-order chi connectivity index (χ0) is 21.3. The lowest BCUT2D eigenvalue weighted by atomic mass is 9.66. The Bertz CT molecular complexity index is 753. The Morgan fingerprint density at radius 1 is 1.41 bits per heavy atom.